The topological polar surface area (TPSA) is 55.1 Å². The molecule has 0 saturated carbocycles. The van der Waals surface area contributed by atoms with E-state index in [4.69, 9.17) is 5.11 Å². The Hall–Kier alpha value is -2.17. The predicted molar refractivity (Wildman–Crippen MR) is 60.3 cm³/mol. The van der Waals surface area contributed by atoms with Gasteiger partial charge in [0.05, 0.1) is 11.3 Å². The first-order chi connectivity index (χ1) is 8.13. The van der Waals surface area contributed by atoms with Crippen molar-refractivity contribution in [2.45, 2.75) is 13.5 Å². The van der Waals surface area contributed by atoms with Gasteiger partial charge < -0.3 is 5.11 Å². The first-order valence-corrected chi connectivity index (χ1v) is 5.18. The number of aryl methyl sites for hydroxylation is 1. The molecule has 1 aromatic heterocycles. The standard InChI is InChI=1S/C12H11FN2O2/c1-2-15-11(5-6-14-15)8-3-4-10(13)9(7-8)12(16)17/h3-7H,2H2,1H3,(H,16,17). The van der Waals surface area contributed by atoms with Gasteiger partial charge in [0, 0.05) is 18.3 Å². The van der Waals surface area contributed by atoms with Crippen molar-refractivity contribution in [1.29, 1.82) is 0 Å². The lowest BCUT2D eigenvalue weighted by molar-refractivity contribution is 0.0692. The smallest absolute Gasteiger partial charge is 0.338 e. The quantitative estimate of drug-likeness (QED) is 0.887. The number of hydrogen-bond acceptors (Lipinski definition) is 2. The molecular weight excluding hydrogens is 223 g/mol. The number of carbonyl (C=O) groups is 1. The van der Waals surface area contributed by atoms with Crippen LogP contribution in [-0.2, 0) is 6.54 Å². The number of hydrogen-bond donors (Lipinski definition) is 1. The molecule has 0 aliphatic rings. The van der Waals surface area contributed by atoms with E-state index in [0.29, 0.717) is 12.1 Å². The van der Waals surface area contributed by atoms with E-state index in [1.807, 2.05) is 6.92 Å². The maximum absolute atomic E-state index is 13.2. The average Bonchev–Trinajstić information content (AvgIpc) is 2.77. The molecule has 0 fully saturated rings. The first-order valence-electron chi connectivity index (χ1n) is 5.18. The summed E-state index contributed by atoms with van der Waals surface area (Å²) in [6, 6.07) is 5.79. The first kappa shape index (κ1) is 11.3. The summed E-state index contributed by atoms with van der Waals surface area (Å²) in [5.41, 5.74) is 1.09. The van der Waals surface area contributed by atoms with Gasteiger partial charge in [-0.2, -0.15) is 5.10 Å². The van der Waals surface area contributed by atoms with Crippen LogP contribution in [0.3, 0.4) is 0 Å². The Morgan fingerprint density at radius 3 is 2.88 bits per heavy atom. The minimum absolute atomic E-state index is 0.327. The molecule has 0 unspecified atom stereocenters. The van der Waals surface area contributed by atoms with Crippen molar-refractivity contribution in [2.75, 3.05) is 0 Å². The Bertz CT molecular complexity index is 563. The van der Waals surface area contributed by atoms with Gasteiger partial charge in [-0.05, 0) is 31.2 Å². The van der Waals surface area contributed by atoms with Crippen LogP contribution in [0.2, 0.25) is 0 Å². The monoisotopic (exact) mass is 234 g/mol. The zero-order valence-electron chi connectivity index (χ0n) is 9.22. The number of benzene rings is 1. The van der Waals surface area contributed by atoms with Crippen molar-refractivity contribution >= 4 is 5.97 Å². The zero-order valence-corrected chi connectivity index (χ0v) is 9.22. The molecule has 88 valence electrons. The zero-order chi connectivity index (χ0) is 12.4. The highest BCUT2D eigenvalue weighted by Gasteiger charge is 2.13. The molecule has 0 radical (unpaired) electrons. The lowest BCUT2D eigenvalue weighted by atomic mass is 10.1. The van der Waals surface area contributed by atoms with E-state index in [9.17, 15) is 9.18 Å². The highest BCUT2D eigenvalue weighted by molar-refractivity contribution is 5.89. The fourth-order valence-corrected chi connectivity index (χ4v) is 1.68. The van der Waals surface area contributed by atoms with E-state index in [0.717, 1.165) is 11.8 Å². The van der Waals surface area contributed by atoms with Gasteiger partial charge in [0.2, 0.25) is 0 Å². The number of carboxylic acids is 1. The average molecular weight is 234 g/mol. The fraction of sp³-hybridized carbons (Fsp3) is 0.167. The molecule has 0 amide bonds. The van der Waals surface area contributed by atoms with Gasteiger partial charge in [-0.1, -0.05) is 0 Å². The van der Waals surface area contributed by atoms with Crippen molar-refractivity contribution in [3.63, 3.8) is 0 Å². The van der Waals surface area contributed by atoms with Gasteiger partial charge in [0.1, 0.15) is 5.82 Å². The third kappa shape index (κ3) is 2.04. The van der Waals surface area contributed by atoms with Crippen molar-refractivity contribution in [3.05, 3.63) is 41.8 Å². The van der Waals surface area contributed by atoms with Crippen LogP contribution in [0.25, 0.3) is 11.3 Å². The van der Waals surface area contributed by atoms with Gasteiger partial charge in [-0.15, -0.1) is 0 Å². The summed E-state index contributed by atoms with van der Waals surface area (Å²) in [5, 5.41) is 12.9. The Labute approximate surface area is 97.3 Å². The third-order valence-corrected chi connectivity index (χ3v) is 2.51. The van der Waals surface area contributed by atoms with Gasteiger partial charge >= 0.3 is 5.97 Å². The predicted octanol–water partition coefficient (Wildman–Crippen LogP) is 2.41. The molecule has 0 aliphatic heterocycles. The molecule has 4 nitrogen and oxygen atoms in total. The summed E-state index contributed by atoms with van der Waals surface area (Å²) < 4.78 is 15.0. The van der Waals surface area contributed by atoms with Gasteiger partial charge in [-0.3, -0.25) is 4.68 Å². The molecule has 1 heterocycles. The molecule has 1 N–H and O–H groups in total. The van der Waals surface area contributed by atoms with Gasteiger partial charge in [-0.25, -0.2) is 9.18 Å². The van der Waals surface area contributed by atoms with Crippen LogP contribution >= 0.6 is 0 Å². The molecule has 2 aromatic rings. The molecule has 2 rings (SSSR count). The lowest BCUT2D eigenvalue weighted by Gasteiger charge is -2.06. The maximum atomic E-state index is 13.2. The highest BCUT2D eigenvalue weighted by Crippen LogP contribution is 2.22. The van der Waals surface area contributed by atoms with E-state index >= 15 is 0 Å². The molecule has 17 heavy (non-hydrogen) atoms. The van der Waals surface area contributed by atoms with E-state index < -0.39 is 11.8 Å². The molecule has 5 heteroatoms. The highest BCUT2D eigenvalue weighted by atomic mass is 19.1. The Morgan fingerprint density at radius 2 is 2.24 bits per heavy atom. The molecule has 1 aromatic carbocycles. The molecular formula is C12H11FN2O2. The number of aromatic nitrogens is 2. The molecule has 0 spiro atoms. The summed E-state index contributed by atoms with van der Waals surface area (Å²) in [6.07, 6.45) is 1.63. The van der Waals surface area contributed by atoms with Crippen LogP contribution in [0.15, 0.2) is 30.5 Å². The SMILES string of the molecule is CCn1nccc1-c1ccc(F)c(C(=O)O)c1. The number of rotatable bonds is 3. The minimum atomic E-state index is -1.27. The van der Waals surface area contributed by atoms with Crippen LogP contribution in [0.5, 0.6) is 0 Å². The van der Waals surface area contributed by atoms with Crippen LogP contribution in [-0.4, -0.2) is 20.9 Å². The molecule has 0 atom stereocenters. The number of carboxylic acid groups (broad SMARTS) is 1. The van der Waals surface area contributed by atoms with E-state index in [1.165, 1.54) is 6.07 Å². The summed E-state index contributed by atoms with van der Waals surface area (Å²) in [4.78, 5) is 10.8. The normalized spacial score (nSPS) is 10.5. The second-order valence-electron chi connectivity index (χ2n) is 3.53. The third-order valence-electron chi connectivity index (χ3n) is 2.51. The second kappa shape index (κ2) is 4.37. The lowest BCUT2D eigenvalue weighted by Crippen LogP contribution is -2.03. The van der Waals surface area contributed by atoms with E-state index in [2.05, 4.69) is 5.10 Å². The minimum Gasteiger partial charge on any atom is -0.478 e. The van der Waals surface area contributed by atoms with Crippen molar-refractivity contribution < 1.29 is 14.3 Å². The largest absolute Gasteiger partial charge is 0.478 e. The molecule has 0 aliphatic carbocycles. The van der Waals surface area contributed by atoms with Gasteiger partial charge in [0.25, 0.3) is 0 Å². The Kier molecular flexibility index (Phi) is 2.91. The van der Waals surface area contributed by atoms with Crippen LogP contribution in [0, 0.1) is 5.82 Å². The van der Waals surface area contributed by atoms with Gasteiger partial charge in [0.15, 0.2) is 0 Å². The molecule has 0 bridgehead atoms. The number of halogens is 1. The van der Waals surface area contributed by atoms with E-state index in [-0.39, 0.29) is 5.56 Å². The van der Waals surface area contributed by atoms with Crippen molar-refractivity contribution in [3.8, 4) is 11.3 Å². The van der Waals surface area contributed by atoms with E-state index in [1.54, 1.807) is 23.0 Å². The molecule has 0 saturated heterocycles. The van der Waals surface area contributed by atoms with Crippen LogP contribution in [0.4, 0.5) is 4.39 Å². The van der Waals surface area contributed by atoms with Crippen LogP contribution in [0.1, 0.15) is 17.3 Å². The maximum Gasteiger partial charge on any atom is 0.338 e. The number of nitrogens with zero attached hydrogens (tertiary/aromatic N) is 2. The Balaban J connectivity index is 2.54. The summed E-state index contributed by atoms with van der Waals surface area (Å²) >= 11 is 0. The Morgan fingerprint density at radius 1 is 1.47 bits per heavy atom. The summed E-state index contributed by atoms with van der Waals surface area (Å²) in [7, 11) is 0. The number of aromatic carboxylic acids is 1. The van der Waals surface area contributed by atoms with Crippen LogP contribution < -0.4 is 0 Å². The van der Waals surface area contributed by atoms with Crippen molar-refractivity contribution in [1.82, 2.24) is 9.78 Å². The van der Waals surface area contributed by atoms with Crippen molar-refractivity contribution in [2.24, 2.45) is 0 Å². The summed E-state index contributed by atoms with van der Waals surface area (Å²) in [6.45, 7) is 2.60. The fourth-order valence-electron chi connectivity index (χ4n) is 1.68. The summed E-state index contributed by atoms with van der Waals surface area (Å²) in [5.74, 6) is -2.00. The second-order valence-corrected chi connectivity index (χ2v) is 3.53.